The van der Waals surface area contributed by atoms with Crippen LogP contribution in [0.2, 0.25) is 5.02 Å². The van der Waals surface area contributed by atoms with Crippen molar-refractivity contribution >= 4 is 34.8 Å². The van der Waals surface area contributed by atoms with Crippen LogP contribution in [-0.4, -0.2) is 39.8 Å². The van der Waals surface area contributed by atoms with E-state index in [2.05, 4.69) is 20.7 Å². The summed E-state index contributed by atoms with van der Waals surface area (Å²) < 4.78 is 12.1. The first kappa shape index (κ1) is 22.1. The molecule has 0 saturated carbocycles. The van der Waals surface area contributed by atoms with E-state index in [1.165, 1.54) is 32.7 Å². The number of anilines is 2. The Kier molecular flexibility index (Phi) is 5.88. The van der Waals surface area contributed by atoms with E-state index < -0.39 is 16.9 Å². The first-order chi connectivity index (χ1) is 15.8. The molecule has 1 aliphatic heterocycles. The Hall–Kier alpha value is -4.12. The van der Waals surface area contributed by atoms with Gasteiger partial charge in [0.25, 0.3) is 11.6 Å². The number of nitrogens with one attached hydrogen (secondary N) is 2. The number of methoxy groups -OCH3 is 2. The monoisotopic (exact) mass is 470 g/mol. The van der Waals surface area contributed by atoms with E-state index in [0.717, 1.165) is 0 Å². The third kappa shape index (κ3) is 4.05. The minimum atomic E-state index is -0.676. The molecule has 1 atom stereocenters. The average Bonchev–Trinajstić information content (AvgIpc) is 3.26. The van der Waals surface area contributed by atoms with Crippen LogP contribution in [0.5, 0.6) is 11.5 Å². The van der Waals surface area contributed by atoms with Crippen LogP contribution in [-0.2, 0) is 4.79 Å². The Bertz CT molecular complexity index is 1270. The summed E-state index contributed by atoms with van der Waals surface area (Å²) in [6, 6.07) is 8.37. The van der Waals surface area contributed by atoms with Crippen molar-refractivity contribution in [3.05, 3.63) is 74.7 Å². The minimum Gasteiger partial charge on any atom is -0.495 e. The number of non-ortho nitro benzene ring substituents is 1. The molecule has 0 bridgehead atoms. The lowest BCUT2D eigenvalue weighted by atomic mass is 9.94. The Morgan fingerprint density at radius 2 is 1.91 bits per heavy atom. The van der Waals surface area contributed by atoms with Crippen LogP contribution < -0.4 is 20.1 Å². The fourth-order valence-electron chi connectivity index (χ4n) is 3.62. The highest BCUT2D eigenvalue weighted by Crippen LogP contribution is 2.39. The lowest BCUT2D eigenvalue weighted by molar-refractivity contribution is -0.384. The molecule has 2 aromatic carbocycles. The zero-order valence-corrected chi connectivity index (χ0v) is 18.6. The largest absolute Gasteiger partial charge is 0.495 e. The van der Waals surface area contributed by atoms with Gasteiger partial charge in [0.05, 0.1) is 35.4 Å². The van der Waals surface area contributed by atoms with Gasteiger partial charge in [-0.15, -0.1) is 0 Å². The molecule has 1 aromatic heterocycles. The molecule has 1 aliphatic rings. The first-order valence-corrected chi connectivity index (χ1v) is 10.1. The molecule has 2 N–H and O–H groups in total. The molecule has 33 heavy (non-hydrogen) atoms. The molecule has 0 unspecified atom stereocenters. The second-order valence-electron chi connectivity index (χ2n) is 7.08. The Balaban J connectivity index is 1.76. The molecule has 4 rings (SSSR count). The summed E-state index contributed by atoms with van der Waals surface area (Å²) >= 11 is 6.17. The van der Waals surface area contributed by atoms with Crippen LogP contribution >= 0.6 is 11.6 Å². The molecule has 170 valence electrons. The first-order valence-electron chi connectivity index (χ1n) is 9.68. The van der Waals surface area contributed by atoms with Gasteiger partial charge in [0, 0.05) is 30.0 Å². The summed E-state index contributed by atoms with van der Waals surface area (Å²) in [5, 5.41) is 21.6. The summed E-state index contributed by atoms with van der Waals surface area (Å²) in [7, 11) is 2.93. The zero-order chi connectivity index (χ0) is 23.7. The molecule has 1 amide bonds. The SMILES string of the molecule is COc1cc(NC(=O)C2=C(C)Nc3ncnn3[C@@H]2c2ccc([N+](=O)[O-])cc2)c(OC)cc1Cl. The standard InChI is InChI=1S/C21H19ClN6O5/c1-11-18(20(29)26-15-9-16(32-2)14(22)8-17(15)33-3)19(27-21(25-11)23-10-24-27)12-4-6-13(7-5-12)28(30)31/h4-10,19H,1-3H3,(H,26,29)(H,23,24,25)/t19-/m1/s1. The van der Waals surface area contributed by atoms with Gasteiger partial charge in [-0.3, -0.25) is 14.9 Å². The molecular weight excluding hydrogens is 452 g/mol. The van der Waals surface area contributed by atoms with Crippen LogP contribution in [0, 0.1) is 10.1 Å². The maximum absolute atomic E-state index is 13.5. The Morgan fingerprint density at radius 3 is 2.55 bits per heavy atom. The number of ether oxygens (including phenoxy) is 2. The van der Waals surface area contributed by atoms with Crippen molar-refractivity contribution in [2.45, 2.75) is 13.0 Å². The van der Waals surface area contributed by atoms with E-state index >= 15 is 0 Å². The van der Waals surface area contributed by atoms with Crippen molar-refractivity contribution in [2.75, 3.05) is 24.9 Å². The molecule has 2 heterocycles. The number of aromatic nitrogens is 3. The number of hydrogen-bond donors (Lipinski definition) is 2. The van der Waals surface area contributed by atoms with Gasteiger partial charge in [0.2, 0.25) is 5.95 Å². The number of nitro benzene ring substituents is 1. The van der Waals surface area contributed by atoms with E-state index in [9.17, 15) is 14.9 Å². The normalized spacial score (nSPS) is 14.8. The van der Waals surface area contributed by atoms with Crippen molar-refractivity contribution in [2.24, 2.45) is 0 Å². The number of halogens is 1. The van der Waals surface area contributed by atoms with Gasteiger partial charge < -0.3 is 20.1 Å². The summed E-state index contributed by atoms with van der Waals surface area (Å²) in [6.07, 6.45) is 1.36. The number of allylic oxidation sites excluding steroid dienone is 1. The van der Waals surface area contributed by atoms with Gasteiger partial charge in [-0.2, -0.15) is 10.1 Å². The average molecular weight is 471 g/mol. The second-order valence-corrected chi connectivity index (χ2v) is 7.49. The highest BCUT2D eigenvalue weighted by Gasteiger charge is 2.34. The molecular formula is C21H19ClN6O5. The van der Waals surface area contributed by atoms with E-state index in [-0.39, 0.29) is 5.69 Å². The smallest absolute Gasteiger partial charge is 0.269 e. The molecule has 0 saturated heterocycles. The summed E-state index contributed by atoms with van der Waals surface area (Å²) in [6.45, 7) is 1.74. The fourth-order valence-corrected chi connectivity index (χ4v) is 3.85. The van der Waals surface area contributed by atoms with Gasteiger partial charge in [-0.1, -0.05) is 11.6 Å². The van der Waals surface area contributed by atoms with E-state index in [0.29, 0.717) is 45.0 Å². The topological polar surface area (TPSA) is 133 Å². The number of hydrogen-bond acceptors (Lipinski definition) is 8. The Labute approximate surface area is 193 Å². The number of amides is 1. The van der Waals surface area contributed by atoms with E-state index in [4.69, 9.17) is 21.1 Å². The fraction of sp³-hybridized carbons (Fsp3) is 0.190. The Morgan fingerprint density at radius 1 is 1.21 bits per heavy atom. The number of carbonyl (C=O) groups is 1. The number of nitrogens with zero attached hydrogens (tertiary/aromatic N) is 4. The van der Waals surface area contributed by atoms with Crippen LogP contribution in [0.15, 0.2) is 54.0 Å². The van der Waals surface area contributed by atoms with E-state index in [1.54, 1.807) is 35.9 Å². The lowest BCUT2D eigenvalue weighted by Crippen LogP contribution is -2.31. The number of fused-ring (bicyclic) bond motifs is 1. The lowest BCUT2D eigenvalue weighted by Gasteiger charge is -2.29. The summed E-state index contributed by atoms with van der Waals surface area (Å²) in [4.78, 5) is 28.3. The van der Waals surface area contributed by atoms with Gasteiger partial charge in [-0.25, -0.2) is 4.68 Å². The molecule has 0 spiro atoms. The maximum Gasteiger partial charge on any atom is 0.269 e. The van der Waals surface area contributed by atoms with E-state index in [1.807, 2.05) is 0 Å². The van der Waals surface area contributed by atoms with Crippen molar-refractivity contribution in [3.63, 3.8) is 0 Å². The predicted molar refractivity (Wildman–Crippen MR) is 121 cm³/mol. The summed E-state index contributed by atoms with van der Waals surface area (Å²) in [5.41, 5.74) is 1.82. The van der Waals surface area contributed by atoms with Crippen molar-refractivity contribution in [1.29, 1.82) is 0 Å². The number of benzene rings is 2. The maximum atomic E-state index is 13.5. The van der Waals surface area contributed by atoms with Crippen LogP contribution in [0.4, 0.5) is 17.3 Å². The number of rotatable bonds is 6. The molecule has 12 heteroatoms. The van der Waals surface area contributed by atoms with Gasteiger partial charge in [0.1, 0.15) is 23.9 Å². The second kappa shape index (κ2) is 8.79. The van der Waals surface area contributed by atoms with Crippen molar-refractivity contribution < 1.29 is 19.2 Å². The highest BCUT2D eigenvalue weighted by molar-refractivity contribution is 6.32. The van der Waals surface area contributed by atoms with Crippen molar-refractivity contribution in [3.8, 4) is 11.5 Å². The van der Waals surface area contributed by atoms with Crippen LogP contribution in [0.3, 0.4) is 0 Å². The van der Waals surface area contributed by atoms with Crippen LogP contribution in [0.1, 0.15) is 18.5 Å². The van der Waals surface area contributed by atoms with Gasteiger partial charge in [0.15, 0.2) is 0 Å². The van der Waals surface area contributed by atoms with Gasteiger partial charge >= 0.3 is 0 Å². The quantitative estimate of drug-likeness (QED) is 0.410. The number of carbonyl (C=O) groups excluding carboxylic acids is 1. The molecule has 3 aromatic rings. The predicted octanol–water partition coefficient (Wildman–Crippen LogP) is 3.78. The van der Waals surface area contributed by atoms with Gasteiger partial charge in [-0.05, 0) is 24.6 Å². The minimum absolute atomic E-state index is 0.0591. The number of nitro groups is 1. The molecule has 0 fully saturated rings. The third-order valence-corrected chi connectivity index (χ3v) is 5.48. The highest BCUT2D eigenvalue weighted by atomic mass is 35.5. The summed E-state index contributed by atoms with van der Waals surface area (Å²) in [5.74, 6) is 0.723. The zero-order valence-electron chi connectivity index (χ0n) is 17.8. The molecule has 0 aliphatic carbocycles. The third-order valence-electron chi connectivity index (χ3n) is 5.18. The van der Waals surface area contributed by atoms with Crippen LogP contribution in [0.25, 0.3) is 0 Å². The van der Waals surface area contributed by atoms with Crippen molar-refractivity contribution in [1.82, 2.24) is 14.8 Å². The molecule has 0 radical (unpaired) electrons. The molecule has 11 nitrogen and oxygen atoms in total.